The van der Waals surface area contributed by atoms with Gasteiger partial charge in [-0.15, -0.1) is 0 Å². The molecule has 3 heterocycles. The molecule has 2 aliphatic heterocycles. The summed E-state index contributed by atoms with van der Waals surface area (Å²) in [6.07, 6.45) is 6.90. The topological polar surface area (TPSA) is 62.6 Å². The van der Waals surface area contributed by atoms with Crippen molar-refractivity contribution in [3.63, 3.8) is 0 Å². The molecule has 180 valence electrons. The number of rotatable bonds is 5. The number of thioether (sulfide) groups is 1. The number of carbonyl (C=O) groups excluding carboxylic acids is 3. The summed E-state index contributed by atoms with van der Waals surface area (Å²) in [5.41, 5.74) is 2.53. The molecule has 9 heteroatoms. The summed E-state index contributed by atoms with van der Waals surface area (Å²) in [5, 5.41) is 1.21. The number of hydrogen-bond donors (Lipinski definition) is 0. The van der Waals surface area contributed by atoms with Gasteiger partial charge in [0.05, 0.1) is 11.4 Å². The number of hydrogen-bond acceptors (Lipinski definition) is 4. The van der Waals surface area contributed by atoms with Crippen LogP contribution in [-0.4, -0.2) is 44.5 Å². The van der Waals surface area contributed by atoms with E-state index in [2.05, 4.69) is 15.9 Å². The van der Waals surface area contributed by atoms with Crippen molar-refractivity contribution in [2.24, 2.45) is 0 Å². The van der Waals surface area contributed by atoms with Crippen LogP contribution < -0.4 is 0 Å². The monoisotopic (exact) mass is 571 g/mol. The van der Waals surface area contributed by atoms with Crippen molar-refractivity contribution in [3.8, 4) is 0 Å². The van der Waals surface area contributed by atoms with Gasteiger partial charge in [-0.25, -0.2) is 0 Å². The summed E-state index contributed by atoms with van der Waals surface area (Å²) < 4.78 is 2.83. The number of benzene rings is 2. The third-order valence-corrected chi connectivity index (χ3v) is 7.96. The second kappa shape index (κ2) is 10.2. The van der Waals surface area contributed by atoms with Crippen LogP contribution in [0.4, 0.5) is 4.79 Å². The minimum atomic E-state index is -0.324. The molecule has 1 aromatic heterocycles. The number of fused-ring (bicyclic) bond motifs is 1. The summed E-state index contributed by atoms with van der Waals surface area (Å²) in [5.74, 6) is -0.227. The standard InChI is InChI=1S/C26H23BrClN3O3S/c27-19-6-9-22-21(13-19)18(15-30(22)16-24(32)29-10-2-1-3-11-29)12-23-25(33)31(26(34)35-23)14-17-4-7-20(28)8-5-17/h4-9,12-13,15H,1-3,10-11,14,16H2/b23-12-. The molecule has 0 radical (unpaired) electrons. The van der Waals surface area contributed by atoms with E-state index >= 15 is 0 Å². The van der Waals surface area contributed by atoms with Gasteiger partial charge in [0, 0.05) is 45.2 Å². The number of amides is 3. The fourth-order valence-corrected chi connectivity index (χ4v) is 5.80. The maximum Gasteiger partial charge on any atom is 0.293 e. The van der Waals surface area contributed by atoms with Crippen LogP contribution in [0.5, 0.6) is 0 Å². The fraction of sp³-hybridized carbons (Fsp3) is 0.269. The summed E-state index contributed by atoms with van der Waals surface area (Å²) in [6, 6.07) is 13.0. The van der Waals surface area contributed by atoms with Gasteiger partial charge in [0.1, 0.15) is 6.54 Å². The average molecular weight is 573 g/mol. The Balaban J connectivity index is 1.43. The van der Waals surface area contributed by atoms with Crippen molar-refractivity contribution in [1.82, 2.24) is 14.4 Å². The molecule has 2 aromatic carbocycles. The normalized spacial score (nSPS) is 17.7. The molecule has 6 nitrogen and oxygen atoms in total. The maximum atomic E-state index is 13.1. The first-order valence-corrected chi connectivity index (χ1v) is 13.4. The van der Waals surface area contributed by atoms with Crippen LogP contribution in [0.3, 0.4) is 0 Å². The number of likely N-dealkylation sites (tertiary alicyclic amines) is 1. The molecule has 0 unspecified atom stereocenters. The minimum Gasteiger partial charge on any atom is -0.341 e. The van der Waals surface area contributed by atoms with Gasteiger partial charge >= 0.3 is 0 Å². The molecule has 2 fully saturated rings. The van der Waals surface area contributed by atoms with Gasteiger partial charge in [-0.1, -0.05) is 39.7 Å². The van der Waals surface area contributed by atoms with E-state index in [4.69, 9.17) is 11.6 Å². The Morgan fingerprint density at radius 2 is 1.80 bits per heavy atom. The molecule has 2 aliphatic rings. The first-order chi connectivity index (χ1) is 16.9. The lowest BCUT2D eigenvalue weighted by atomic mass is 10.1. The Morgan fingerprint density at radius 1 is 1.06 bits per heavy atom. The molecule has 0 bridgehead atoms. The number of imide groups is 1. The molecule has 0 saturated carbocycles. The van der Waals surface area contributed by atoms with Crippen molar-refractivity contribution >= 4 is 73.3 Å². The third kappa shape index (κ3) is 5.20. The van der Waals surface area contributed by atoms with Crippen LogP contribution in [-0.2, 0) is 22.7 Å². The van der Waals surface area contributed by atoms with Crippen molar-refractivity contribution in [1.29, 1.82) is 0 Å². The highest BCUT2D eigenvalue weighted by Crippen LogP contribution is 2.35. The van der Waals surface area contributed by atoms with E-state index in [0.29, 0.717) is 9.93 Å². The van der Waals surface area contributed by atoms with E-state index in [1.165, 1.54) is 11.3 Å². The Kier molecular flexibility index (Phi) is 7.05. The fourth-order valence-electron chi connectivity index (χ4n) is 4.48. The SMILES string of the molecule is O=C(Cn1cc(/C=C2\SC(=O)N(Cc3ccc(Cl)cc3)C2=O)c2cc(Br)ccc21)N1CCCCC1. The average Bonchev–Trinajstić information content (AvgIpc) is 3.32. The molecular weight excluding hydrogens is 550 g/mol. The highest BCUT2D eigenvalue weighted by molar-refractivity contribution is 9.10. The van der Waals surface area contributed by atoms with Crippen molar-refractivity contribution < 1.29 is 14.4 Å². The molecule has 0 N–H and O–H groups in total. The molecular formula is C26H23BrClN3O3S. The van der Waals surface area contributed by atoms with E-state index in [1.54, 1.807) is 30.3 Å². The molecule has 3 aromatic rings. The smallest absolute Gasteiger partial charge is 0.293 e. The zero-order chi connectivity index (χ0) is 24.5. The summed E-state index contributed by atoms with van der Waals surface area (Å²) >= 11 is 10.4. The van der Waals surface area contributed by atoms with E-state index < -0.39 is 0 Å². The van der Waals surface area contributed by atoms with Gasteiger partial charge in [0.2, 0.25) is 5.91 Å². The number of nitrogens with zero attached hydrogens (tertiary/aromatic N) is 3. The second-order valence-electron chi connectivity index (χ2n) is 8.71. The lowest BCUT2D eigenvalue weighted by Crippen LogP contribution is -2.37. The van der Waals surface area contributed by atoms with Gasteiger partial charge < -0.3 is 9.47 Å². The van der Waals surface area contributed by atoms with E-state index in [1.807, 2.05) is 33.9 Å². The first-order valence-electron chi connectivity index (χ1n) is 11.4. The van der Waals surface area contributed by atoms with E-state index in [0.717, 1.165) is 64.2 Å². The predicted molar refractivity (Wildman–Crippen MR) is 143 cm³/mol. The number of halogens is 2. The largest absolute Gasteiger partial charge is 0.341 e. The second-order valence-corrected chi connectivity index (χ2v) is 11.1. The number of piperidine rings is 1. The molecule has 2 saturated heterocycles. The van der Waals surface area contributed by atoms with Gasteiger partial charge in [-0.3, -0.25) is 19.3 Å². The van der Waals surface area contributed by atoms with Crippen LogP contribution in [0.25, 0.3) is 17.0 Å². The summed E-state index contributed by atoms with van der Waals surface area (Å²) in [7, 11) is 0. The first kappa shape index (κ1) is 24.2. The Bertz CT molecular complexity index is 1350. The van der Waals surface area contributed by atoms with E-state index in [-0.39, 0.29) is 30.1 Å². The summed E-state index contributed by atoms with van der Waals surface area (Å²) in [6.45, 7) is 2.04. The molecule has 5 rings (SSSR count). The van der Waals surface area contributed by atoms with E-state index in [9.17, 15) is 14.4 Å². The molecule has 0 spiro atoms. The van der Waals surface area contributed by atoms with Crippen molar-refractivity contribution in [2.75, 3.05) is 13.1 Å². The quantitative estimate of drug-likeness (QED) is 0.336. The van der Waals surface area contributed by atoms with Gasteiger partial charge in [-0.2, -0.15) is 0 Å². The Labute approximate surface area is 221 Å². The maximum absolute atomic E-state index is 13.1. The molecule has 0 aliphatic carbocycles. The van der Waals surface area contributed by atoms with Crippen molar-refractivity contribution in [3.05, 3.63) is 74.2 Å². The molecule has 3 amide bonds. The third-order valence-electron chi connectivity index (χ3n) is 6.30. The Morgan fingerprint density at radius 3 is 2.54 bits per heavy atom. The number of carbonyl (C=O) groups is 3. The van der Waals surface area contributed by atoms with Crippen LogP contribution in [0.2, 0.25) is 5.02 Å². The minimum absolute atomic E-state index is 0.0966. The van der Waals surface area contributed by atoms with Gasteiger partial charge in [0.25, 0.3) is 11.1 Å². The molecule has 0 atom stereocenters. The van der Waals surface area contributed by atoms with Crippen LogP contribution in [0.15, 0.2) is 58.0 Å². The predicted octanol–water partition coefficient (Wildman–Crippen LogP) is 6.31. The highest BCUT2D eigenvalue weighted by Gasteiger charge is 2.35. The zero-order valence-corrected chi connectivity index (χ0v) is 22.0. The van der Waals surface area contributed by atoms with Gasteiger partial charge in [-0.05, 0) is 73.0 Å². The van der Waals surface area contributed by atoms with Crippen LogP contribution in [0.1, 0.15) is 30.4 Å². The lowest BCUT2D eigenvalue weighted by molar-refractivity contribution is -0.132. The Hall–Kier alpha value is -2.55. The lowest BCUT2D eigenvalue weighted by Gasteiger charge is -2.27. The zero-order valence-electron chi connectivity index (χ0n) is 18.9. The highest BCUT2D eigenvalue weighted by atomic mass is 79.9. The number of aromatic nitrogens is 1. The van der Waals surface area contributed by atoms with Crippen molar-refractivity contribution in [2.45, 2.75) is 32.4 Å². The summed E-state index contributed by atoms with van der Waals surface area (Å²) in [4.78, 5) is 42.2. The van der Waals surface area contributed by atoms with Crippen LogP contribution >= 0.6 is 39.3 Å². The van der Waals surface area contributed by atoms with Crippen LogP contribution in [0, 0.1) is 0 Å². The molecule has 35 heavy (non-hydrogen) atoms. The van der Waals surface area contributed by atoms with Gasteiger partial charge in [0.15, 0.2) is 0 Å².